The molecule has 1 aliphatic carbocycles. The van der Waals surface area contributed by atoms with Crippen LogP contribution < -0.4 is 23.2 Å². The van der Waals surface area contributed by atoms with Gasteiger partial charge in [0.2, 0.25) is 0 Å². The number of allylic oxidation sites excluding steroid dienone is 1. The van der Waals surface area contributed by atoms with Gasteiger partial charge in [0.25, 0.3) is 5.69 Å². The molecule has 0 fully saturated rings. The molecule has 10 nitrogen and oxygen atoms in total. The molecule has 3 aromatic rings. The predicted octanol–water partition coefficient (Wildman–Crippen LogP) is -2.08. The molecule has 2 heterocycles. The third-order valence-corrected chi connectivity index (χ3v) is 4.43. The maximum absolute atomic E-state index is 10.9. The van der Waals surface area contributed by atoms with Crippen LogP contribution in [0.3, 0.4) is 0 Å². The number of non-ortho nitro benzene ring substituents is 1. The van der Waals surface area contributed by atoms with Crippen LogP contribution in [-0.4, -0.2) is 15.0 Å². The van der Waals surface area contributed by atoms with E-state index in [0.29, 0.717) is 0 Å². The highest BCUT2D eigenvalue weighted by Gasteiger charge is 2.27. The fourth-order valence-electron chi connectivity index (χ4n) is 2.77. The first kappa shape index (κ1) is 19.2. The Morgan fingerprint density at radius 2 is 1.96 bits per heavy atom. The number of hydrogen-bond acceptors (Lipinski definition) is 9. The Labute approximate surface area is 158 Å². The highest BCUT2D eigenvalue weighted by Crippen LogP contribution is 2.31. The summed E-state index contributed by atoms with van der Waals surface area (Å²) in [6, 6.07) is 6.68. The molecule has 2 aromatic heterocycles. The first-order valence-electron chi connectivity index (χ1n) is 7.43. The lowest BCUT2D eigenvalue weighted by Gasteiger charge is -2.17. The topological polar surface area (TPSA) is 165 Å². The van der Waals surface area contributed by atoms with Crippen molar-refractivity contribution in [3.63, 3.8) is 0 Å². The summed E-state index contributed by atoms with van der Waals surface area (Å²) >= 11 is 1.49. The van der Waals surface area contributed by atoms with Gasteiger partial charge in [-0.05, 0) is 40.8 Å². The second kappa shape index (κ2) is 7.60. The molecule has 0 atom stereocenters. The summed E-state index contributed by atoms with van der Waals surface area (Å²) in [7, 11) is -4.94. The molecule has 12 heteroatoms. The molecule has 0 bridgehead atoms. The van der Waals surface area contributed by atoms with E-state index in [-0.39, 0.29) is 10.6 Å². The number of benzene rings is 1. The molecule has 0 aliphatic heterocycles. The van der Waals surface area contributed by atoms with E-state index in [2.05, 4.69) is 10.1 Å². The van der Waals surface area contributed by atoms with Gasteiger partial charge < -0.3 is 0 Å². The van der Waals surface area contributed by atoms with Crippen LogP contribution in [0.4, 0.5) is 5.69 Å². The minimum absolute atomic E-state index is 0.105. The predicted molar refractivity (Wildman–Crippen MR) is 82.4 cm³/mol. The molecule has 0 saturated carbocycles. The first-order chi connectivity index (χ1) is 12.7. The van der Waals surface area contributed by atoms with Gasteiger partial charge in [0.15, 0.2) is 5.69 Å². The van der Waals surface area contributed by atoms with Gasteiger partial charge in [-0.1, -0.05) is 21.7 Å². The Balaban J connectivity index is 0.000000376. The smallest absolute Gasteiger partial charge is 0.258 e. The number of hydrogen-bond donors (Lipinski definition) is 0. The zero-order valence-electron chi connectivity index (χ0n) is 13.5. The van der Waals surface area contributed by atoms with Gasteiger partial charge in [-0.2, -0.15) is 0 Å². The number of nitrogens with zero attached hydrogens (tertiary/aromatic N) is 4. The van der Waals surface area contributed by atoms with Gasteiger partial charge in [-0.3, -0.25) is 10.1 Å². The SMILES string of the molecule is O=[N+]([O-])c1cccc(C=C2CCc3cnc4scn[n+]4c32)c1.[O-][Cl+3]([O-])([O-])[O-]. The van der Waals surface area contributed by atoms with Crippen molar-refractivity contribution in [3.8, 4) is 0 Å². The number of aromatic nitrogens is 3. The molecule has 0 radical (unpaired) electrons. The quantitative estimate of drug-likeness (QED) is 0.263. The van der Waals surface area contributed by atoms with E-state index in [0.717, 1.165) is 34.6 Å². The molecule has 0 amide bonds. The second-order valence-corrected chi connectivity index (χ2v) is 7.03. The number of fused-ring (bicyclic) bond motifs is 3. The largest absolute Gasteiger partial charge is 0.409 e. The third-order valence-electron chi connectivity index (χ3n) is 3.74. The molecule has 0 spiro atoms. The van der Waals surface area contributed by atoms with Crippen molar-refractivity contribution >= 4 is 33.6 Å². The lowest BCUT2D eigenvalue weighted by Crippen LogP contribution is -2.68. The van der Waals surface area contributed by atoms with Crippen molar-refractivity contribution < 1.29 is 38.3 Å². The summed E-state index contributed by atoms with van der Waals surface area (Å²) in [6.45, 7) is 0. The minimum atomic E-state index is -4.94. The van der Waals surface area contributed by atoms with Crippen molar-refractivity contribution in [1.82, 2.24) is 10.1 Å². The van der Waals surface area contributed by atoms with Crippen molar-refractivity contribution in [1.29, 1.82) is 0 Å². The number of halogens is 1. The third kappa shape index (κ3) is 4.80. The van der Waals surface area contributed by atoms with E-state index in [1.54, 1.807) is 17.6 Å². The van der Waals surface area contributed by atoms with Crippen LogP contribution in [0.5, 0.6) is 0 Å². The van der Waals surface area contributed by atoms with Crippen molar-refractivity contribution in [2.24, 2.45) is 0 Å². The Morgan fingerprint density at radius 3 is 2.67 bits per heavy atom. The van der Waals surface area contributed by atoms with Crippen LogP contribution in [0.1, 0.15) is 23.2 Å². The summed E-state index contributed by atoms with van der Waals surface area (Å²) < 4.78 is 35.8. The van der Waals surface area contributed by atoms with E-state index in [1.165, 1.54) is 23.0 Å². The van der Waals surface area contributed by atoms with Crippen LogP contribution in [0.25, 0.3) is 16.6 Å². The van der Waals surface area contributed by atoms with E-state index < -0.39 is 10.2 Å². The van der Waals surface area contributed by atoms with Crippen LogP contribution in [-0.2, 0) is 6.42 Å². The number of nitro benzene ring substituents is 1. The van der Waals surface area contributed by atoms with Gasteiger partial charge in [0, 0.05) is 23.3 Å². The standard InChI is InChI=1S/C15H11N4O2S.ClHO4/c20-19(21)13-3-1-2-10(7-13)6-11-4-5-12-8-16-15-18(14(11)12)17-9-22-15;2-1(3,4)5/h1-3,6-9H,4-5H2;(H,2,3,4,5)/q+1;/p-1. The first-order valence-corrected chi connectivity index (χ1v) is 9.54. The maximum atomic E-state index is 10.9. The lowest BCUT2D eigenvalue weighted by molar-refractivity contribution is -2.00. The summed E-state index contributed by atoms with van der Waals surface area (Å²) in [4.78, 5) is 15.8. The fraction of sp³-hybridized carbons (Fsp3) is 0.133. The van der Waals surface area contributed by atoms with Crippen LogP contribution >= 0.6 is 11.3 Å². The van der Waals surface area contributed by atoms with E-state index in [1.807, 2.05) is 22.9 Å². The fourth-order valence-corrected chi connectivity index (χ4v) is 3.36. The van der Waals surface area contributed by atoms with Crippen molar-refractivity contribution in [2.75, 3.05) is 0 Å². The van der Waals surface area contributed by atoms with Gasteiger partial charge in [-0.15, -0.1) is 10.2 Å². The van der Waals surface area contributed by atoms with Gasteiger partial charge in [0.1, 0.15) is 11.7 Å². The Hall–Kier alpha value is -2.54. The Bertz CT molecular complexity index is 1030. The average molecular weight is 411 g/mol. The zero-order valence-corrected chi connectivity index (χ0v) is 15.1. The molecule has 0 N–H and O–H groups in total. The monoisotopic (exact) mass is 410 g/mol. The van der Waals surface area contributed by atoms with E-state index in [9.17, 15) is 10.1 Å². The molecule has 1 aromatic carbocycles. The lowest BCUT2D eigenvalue weighted by atomic mass is 10.1. The Morgan fingerprint density at radius 1 is 1.22 bits per heavy atom. The second-order valence-electron chi connectivity index (χ2n) is 5.46. The van der Waals surface area contributed by atoms with Gasteiger partial charge in [-0.25, -0.2) is 18.6 Å². The highest BCUT2D eigenvalue weighted by atomic mass is 35.7. The summed E-state index contributed by atoms with van der Waals surface area (Å²) in [6.07, 6.45) is 5.72. The molecule has 4 rings (SSSR count). The number of rotatable bonds is 2. The molecule has 1 aliphatic rings. The minimum Gasteiger partial charge on any atom is -0.258 e. The van der Waals surface area contributed by atoms with Crippen molar-refractivity contribution in [2.45, 2.75) is 12.8 Å². The summed E-state index contributed by atoms with van der Waals surface area (Å²) in [5, 5.41) is 15.2. The van der Waals surface area contributed by atoms with Crippen LogP contribution in [0, 0.1) is 20.4 Å². The van der Waals surface area contributed by atoms with E-state index in [4.69, 9.17) is 18.6 Å². The van der Waals surface area contributed by atoms with E-state index >= 15 is 0 Å². The summed E-state index contributed by atoms with van der Waals surface area (Å²) in [5.74, 6) is 0. The number of nitro groups is 1. The van der Waals surface area contributed by atoms with Crippen molar-refractivity contribution in [3.05, 3.63) is 62.9 Å². The summed E-state index contributed by atoms with van der Waals surface area (Å²) in [5.41, 5.74) is 6.08. The molecule has 0 saturated heterocycles. The maximum Gasteiger partial charge on any atom is 0.409 e. The Kier molecular flexibility index (Phi) is 5.41. The molecular weight excluding hydrogens is 400 g/mol. The van der Waals surface area contributed by atoms with Crippen LogP contribution in [0.2, 0.25) is 0 Å². The highest BCUT2D eigenvalue weighted by molar-refractivity contribution is 7.14. The molecule has 140 valence electrons. The normalized spacial score (nSPS) is 14.7. The van der Waals surface area contributed by atoms with Crippen LogP contribution in [0.15, 0.2) is 36.0 Å². The molecular formula is C15H11ClN4O6S. The average Bonchev–Trinajstić information content (AvgIpc) is 3.19. The molecule has 0 unspecified atom stereocenters. The van der Waals surface area contributed by atoms with Gasteiger partial charge >= 0.3 is 4.96 Å². The van der Waals surface area contributed by atoms with Gasteiger partial charge in [0.05, 0.1) is 4.92 Å². The zero-order chi connectivity index (χ0) is 19.6. The number of aryl methyl sites for hydroxylation is 1. The molecule has 27 heavy (non-hydrogen) atoms.